The first-order valence-electron chi connectivity index (χ1n) is 9.63. The van der Waals surface area contributed by atoms with E-state index in [0.717, 1.165) is 38.5 Å². The van der Waals surface area contributed by atoms with Gasteiger partial charge in [-0.05, 0) is 62.6 Å². The van der Waals surface area contributed by atoms with Crippen LogP contribution in [0.5, 0.6) is 0 Å². The molecule has 1 saturated heterocycles. The predicted molar refractivity (Wildman–Crippen MR) is 104 cm³/mol. The number of amides is 2. The van der Waals surface area contributed by atoms with E-state index < -0.39 is 11.8 Å². The molecule has 1 spiro atoms. The number of carbonyl (C=O) groups excluding carboxylic acids is 2. The van der Waals surface area contributed by atoms with E-state index in [4.69, 9.17) is 27.9 Å². The maximum absolute atomic E-state index is 13.4. The van der Waals surface area contributed by atoms with Gasteiger partial charge in [0.05, 0.1) is 16.7 Å². The van der Waals surface area contributed by atoms with Crippen molar-refractivity contribution >= 4 is 35.0 Å². The van der Waals surface area contributed by atoms with Gasteiger partial charge >= 0.3 is 0 Å². The number of benzene rings is 1. The zero-order chi connectivity index (χ0) is 19.2. The van der Waals surface area contributed by atoms with Crippen LogP contribution in [0.1, 0.15) is 55.8 Å². The molecule has 2 aliphatic carbocycles. The van der Waals surface area contributed by atoms with E-state index in [1.807, 2.05) is 0 Å². The molecule has 2 saturated carbocycles. The fraction of sp³-hybridized carbons (Fsp3) is 0.600. The normalized spacial score (nSPS) is 30.6. The van der Waals surface area contributed by atoms with Gasteiger partial charge in [0.25, 0.3) is 5.91 Å². The predicted octanol–water partition coefficient (Wildman–Crippen LogP) is 4.02. The smallest absolute Gasteiger partial charge is 0.256 e. The minimum atomic E-state index is -0.707. The third-order valence-electron chi connectivity index (χ3n) is 5.93. The molecule has 4 rings (SSSR count). The molecule has 0 bridgehead atoms. The summed E-state index contributed by atoms with van der Waals surface area (Å²) in [5.74, 6) is 0.249. The van der Waals surface area contributed by atoms with Gasteiger partial charge in [-0.3, -0.25) is 14.5 Å². The van der Waals surface area contributed by atoms with Gasteiger partial charge in [0.2, 0.25) is 5.91 Å². The number of halogens is 2. The van der Waals surface area contributed by atoms with Gasteiger partial charge in [-0.15, -0.1) is 0 Å². The second-order valence-electron chi connectivity index (χ2n) is 8.04. The Labute approximate surface area is 169 Å². The van der Waals surface area contributed by atoms with E-state index in [1.54, 1.807) is 23.1 Å². The summed E-state index contributed by atoms with van der Waals surface area (Å²) >= 11 is 12.1. The maximum Gasteiger partial charge on any atom is 0.256 e. The van der Waals surface area contributed by atoms with Crippen LogP contribution in [0, 0.1) is 5.92 Å². The molecule has 146 valence electrons. The van der Waals surface area contributed by atoms with E-state index in [9.17, 15) is 9.59 Å². The van der Waals surface area contributed by atoms with E-state index in [1.165, 1.54) is 0 Å². The molecule has 1 atom stereocenters. The van der Waals surface area contributed by atoms with Crippen molar-refractivity contribution in [1.29, 1.82) is 0 Å². The van der Waals surface area contributed by atoms with E-state index >= 15 is 0 Å². The molecule has 1 aliphatic heterocycles. The van der Waals surface area contributed by atoms with Gasteiger partial charge in [0.15, 0.2) is 0 Å². The third-order valence-corrected chi connectivity index (χ3v) is 6.67. The Morgan fingerprint density at radius 1 is 1.15 bits per heavy atom. The molecular weight excluding hydrogens is 387 g/mol. The average molecular weight is 411 g/mol. The monoisotopic (exact) mass is 410 g/mol. The molecule has 1 aromatic rings. The van der Waals surface area contributed by atoms with E-state index in [-0.39, 0.29) is 24.5 Å². The Kier molecular flexibility index (Phi) is 5.12. The van der Waals surface area contributed by atoms with Gasteiger partial charge in [-0.1, -0.05) is 30.1 Å². The molecule has 1 heterocycles. The highest BCUT2D eigenvalue weighted by atomic mass is 35.5. The van der Waals surface area contributed by atoms with Crippen LogP contribution >= 0.6 is 23.2 Å². The number of hydrogen-bond acceptors (Lipinski definition) is 3. The number of nitrogens with one attached hydrogen (secondary N) is 1. The zero-order valence-electron chi connectivity index (χ0n) is 15.3. The van der Waals surface area contributed by atoms with Gasteiger partial charge in [0.1, 0.15) is 11.8 Å². The zero-order valence-corrected chi connectivity index (χ0v) is 16.9. The SMILES string of the molecule is CC1CCC2(CC1)OCC(C(=O)NC1CC1)N2C(=O)c1ccc(Cl)c(Cl)c1. The van der Waals surface area contributed by atoms with Crippen molar-refractivity contribution in [3.63, 3.8) is 0 Å². The highest BCUT2D eigenvalue weighted by Gasteiger charge is 2.54. The lowest BCUT2D eigenvalue weighted by Crippen LogP contribution is -2.57. The molecule has 0 radical (unpaired) electrons. The van der Waals surface area contributed by atoms with Crippen LogP contribution in [0.15, 0.2) is 18.2 Å². The van der Waals surface area contributed by atoms with Crippen molar-refractivity contribution < 1.29 is 14.3 Å². The summed E-state index contributed by atoms with van der Waals surface area (Å²) in [4.78, 5) is 27.9. The summed E-state index contributed by atoms with van der Waals surface area (Å²) in [5.41, 5.74) is -0.279. The van der Waals surface area contributed by atoms with Crippen LogP contribution in [-0.4, -0.2) is 41.1 Å². The number of rotatable bonds is 3. The van der Waals surface area contributed by atoms with Gasteiger partial charge < -0.3 is 10.1 Å². The molecule has 3 fully saturated rings. The minimum absolute atomic E-state index is 0.124. The Morgan fingerprint density at radius 3 is 2.48 bits per heavy atom. The first-order chi connectivity index (χ1) is 12.9. The highest BCUT2D eigenvalue weighted by Crippen LogP contribution is 2.43. The second-order valence-corrected chi connectivity index (χ2v) is 8.86. The van der Waals surface area contributed by atoms with Crippen LogP contribution in [-0.2, 0) is 9.53 Å². The Hall–Kier alpha value is -1.30. The largest absolute Gasteiger partial charge is 0.353 e. The van der Waals surface area contributed by atoms with Crippen LogP contribution in [0.3, 0.4) is 0 Å². The Balaban J connectivity index is 1.65. The summed E-state index contributed by atoms with van der Waals surface area (Å²) in [6.45, 7) is 2.45. The van der Waals surface area contributed by atoms with E-state index in [0.29, 0.717) is 21.5 Å². The number of carbonyl (C=O) groups is 2. The minimum Gasteiger partial charge on any atom is -0.353 e. The summed E-state index contributed by atoms with van der Waals surface area (Å²) in [5, 5.41) is 3.75. The molecule has 2 amide bonds. The molecule has 1 unspecified atom stereocenters. The molecule has 1 aromatic carbocycles. The van der Waals surface area contributed by atoms with Crippen molar-refractivity contribution in [2.45, 2.75) is 63.3 Å². The lowest BCUT2D eigenvalue weighted by atomic mass is 9.83. The molecule has 5 nitrogen and oxygen atoms in total. The standard InChI is InChI=1S/C20H24Cl2N2O3/c1-12-6-8-20(9-7-12)24(17(11-27-20)18(25)23-14-3-4-14)19(26)13-2-5-15(21)16(22)10-13/h2,5,10,12,14,17H,3-4,6-9,11H2,1H3,(H,23,25). The first kappa shape index (κ1) is 19.0. The number of nitrogens with zero attached hydrogens (tertiary/aromatic N) is 1. The molecule has 7 heteroatoms. The van der Waals surface area contributed by atoms with Crippen molar-refractivity contribution in [3.05, 3.63) is 33.8 Å². The molecule has 27 heavy (non-hydrogen) atoms. The number of ether oxygens (including phenoxy) is 1. The molecule has 1 N–H and O–H groups in total. The van der Waals surface area contributed by atoms with Gasteiger partial charge in [-0.2, -0.15) is 0 Å². The Morgan fingerprint density at radius 2 is 1.85 bits per heavy atom. The molecular formula is C20H24Cl2N2O3. The van der Waals surface area contributed by atoms with Crippen LogP contribution < -0.4 is 5.32 Å². The lowest BCUT2D eigenvalue weighted by molar-refractivity contribution is -0.128. The van der Waals surface area contributed by atoms with E-state index in [2.05, 4.69) is 12.2 Å². The van der Waals surface area contributed by atoms with Gasteiger partial charge in [0, 0.05) is 11.6 Å². The molecule has 0 aromatic heterocycles. The van der Waals surface area contributed by atoms with Crippen molar-refractivity contribution in [1.82, 2.24) is 10.2 Å². The summed E-state index contributed by atoms with van der Waals surface area (Å²) in [7, 11) is 0. The van der Waals surface area contributed by atoms with Crippen molar-refractivity contribution in [2.24, 2.45) is 5.92 Å². The fourth-order valence-corrected chi connectivity index (χ4v) is 4.37. The topological polar surface area (TPSA) is 58.6 Å². The summed E-state index contributed by atoms with van der Waals surface area (Å²) in [6, 6.07) is 4.47. The average Bonchev–Trinajstić information content (AvgIpc) is 3.38. The first-order valence-corrected chi connectivity index (χ1v) is 10.4. The van der Waals surface area contributed by atoms with Gasteiger partial charge in [-0.25, -0.2) is 0 Å². The fourth-order valence-electron chi connectivity index (χ4n) is 4.07. The third kappa shape index (κ3) is 3.69. The Bertz CT molecular complexity index is 758. The van der Waals surface area contributed by atoms with Crippen LogP contribution in [0.25, 0.3) is 0 Å². The van der Waals surface area contributed by atoms with Crippen LogP contribution in [0.2, 0.25) is 10.0 Å². The van der Waals surface area contributed by atoms with Crippen molar-refractivity contribution in [2.75, 3.05) is 6.61 Å². The maximum atomic E-state index is 13.4. The summed E-state index contributed by atoms with van der Waals surface area (Å²) in [6.07, 6.45) is 5.44. The molecule has 3 aliphatic rings. The second kappa shape index (κ2) is 7.26. The summed E-state index contributed by atoms with van der Waals surface area (Å²) < 4.78 is 6.16. The van der Waals surface area contributed by atoms with Crippen LogP contribution in [0.4, 0.5) is 0 Å². The van der Waals surface area contributed by atoms with Crippen molar-refractivity contribution in [3.8, 4) is 0 Å². The lowest BCUT2D eigenvalue weighted by Gasteiger charge is -2.43. The quantitative estimate of drug-likeness (QED) is 0.818. The highest BCUT2D eigenvalue weighted by molar-refractivity contribution is 6.42. The number of hydrogen-bond donors (Lipinski definition) is 1.